The van der Waals surface area contributed by atoms with E-state index in [1.54, 1.807) is 0 Å². The van der Waals surface area contributed by atoms with E-state index in [0.717, 1.165) is 0 Å². The molecule has 0 fully saturated rings. The number of rotatable bonds is 0. The fraction of sp³-hybridized carbons (Fsp3) is 0. The summed E-state index contributed by atoms with van der Waals surface area (Å²) in [5.41, 5.74) is 1.19. The zero-order valence-corrected chi connectivity index (χ0v) is 10.1. The Balaban J connectivity index is 0.000000640. The van der Waals surface area contributed by atoms with Crippen LogP contribution >= 0.6 is 12.4 Å². The van der Waals surface area contributed by atoms with Gasteiger partial charge in [-0.2, -0.15) is 0 Å². The first-order valence-electron chi connectivity index (χ1n) is 4.73. The first-order chi connectivity index (χ1) is 6.95. The maximum atomic E-state index is 3.29. The van der Waals surface area contributed by atoms with Gasteiger partial charge in [-0.05, 0) is 12.1 Å². The zero-order chi connectivity index (χ0) is 9.38. The van der Waals surface area contributed by atoms with Crippen molar-refractivity contribution in [1.29, 1.82) is 0 Å². The summed E-state index contributed by atoms with van der Waals surface area (Å²) in [6.07, 6.45) is 2.05. The monoisotopic (exact) mass is 251 g/mol. The van der Waals surface area contributed by atoms with E-state index < -0.39 is 0 Å². The number of halogens is 2. The fourth-order valence-electron chi connectivity index (χ4n) is 1.87. The Bertz CT molecular complexity index is 553. The standard InChI is InChI=1S/C13H9N.2ClH/c1-2-6-11-10(5-1)9-14-13-8-4-3-7-12(11)13;;/h1-9H;2*1H. The van der Waals surface area contributed by atoms with Gasteiger partial charge in [-0.25, -0.2) is 4.98 Å². The van der Waals surface area contributed by atoms with E-state index in [0.29, 0.717) is 0 Å². The lowest BCUT2D eigenvalue weighted by Gasteiger charge is -1.97. The molecule has 0 atom stereocenters. The van der Waals surface area contributed by atoms with Gasteiger partial charge < -0.3 is 12.4 Å². The number of para-hydroxylation sites is 1. The van der Waals surface area contributed by atoms with Crippen molar-refractivity contribution in [3.05, 3.63) is 54.7 Å². The second-order valence-corrected chi connectivity index (χ2v) is 3.42. The molecule has 0 unspecified atom stereocenters. The summed E-state index contributed by atoms with van der Waals surface area (Å²) in [7, 11) is 0. The lowest BCUT2D eigenvalue weighted by molar-refractivity contribution is -0.342. The molecule has 1 N–H and O–H groups in total. The fourth-order valence-corrected chi connectivity index (χ4v) is 1.87. The number of aromatic nitrogens is 1. The van der Waals surface area contributed by atoms with E-state index in [9.17, 15) is 0 Å². The van der Waals surface area contributed by atoms with Crippen LogP contribution in [-0.4, -0.2) is 0 Å². The molecule has 1 nitrogen and oxygen atoms in total. The lowest BCUT2D eigenvalue weighted by Crippen LogP contribution is -3.00. The van der Waals surface area contributed by atoms with E-state index in [-0.39, 0.29) is 24.8 Å². The maximum Gasteiger partial charge on any atom is 0.211 e. The molecule has 0 amide bonds. The predicted octanol–water partition coefficient (Wildman–Crippen LogP) is 0.233. The third kappa shape index (κ3) is 1.97. The molecule has 0 aliphatic heterocycles. The molecule has 0 spiro atoms. The quantitative estimate of drug-likeness (QED) is 0.509. The number of pyridine rings is 1. The molecule has 82 valence electrons. The van der Waals surface area contributed by atoms with Crippen LogP contribution in [0.5, 0.6) is 0 Å². The highest BCUT2D eigenvalue weighted by Crippen LogP contribution is 2.20. The minimum atomic E-state index is 0. The van der Waals surface area contributed by atoms with E-state index in [1.165, 1.54) is 21.7 Å². The van der Waals surface area contributed by atoms with Gasteiger partial charge in [0.15, 0.2) is 6.20 Å². The molecule has 0 bridgehead atoms. The van der Waals surface area contributed by atoms with E-state index in [2.05, 4.69) is 53.6 Å². The van der Waals surface area contributed by atoms with Crippen LogP contribution in [0.4, 0.5) is 0 Å². The van der Waals surface area contributed by atoms with E-state index in [1.807, 2.05) is 6.07 Å². The molecule has 0 radical (unpaired) electrons. The van der Waals surface area contributed by atoms with Crippen molar-refractivity contribution in [3.8, 4) is 0 Å². The van der Waals surface area contributed by atoms with Crippen molar-refractivity contribution in [2.24, 2.45) is 0 Å². The van der Waals surface area contributed by atoms with Crippen LogP contribution in [-0.2, 0) is 0 Å². The van der Waals surface area contributed by atoms with Crippen molar-refractivity contribution in [2.75, 3.05) is 0 Å². The summed E-state index contributed by atoms with van der Waals surface area (Å²) in [5, 5.41) is 3.85. The number of benzene rings is 2. The van der Waals surface area contributed by atoms with Crippen LogP contribution in [0.3, 0.4) is 0 Å². The molecule has 3 aromatic rings. The van der Waals surface area contributed by atoms with Gasteiger partial charge in [0.05, 0.1) is 5.39 Å². The first kappa shape index (κ1) is 12.8. The van der Waals surface area contributed by atoms with Crippen molar-refractivity contribution in [1.82, 2.24) is 0 Å². The Morgan fingerprint density at radius 1 is 0.750 bits per heavy atom. The largest absolute Gasteiger partial charge is 1.00 e. The Hall–Kier alpha value is -1.31. The molecule has 0 saturated carbocycles. The van der Waals surface area contributed by atoms with Gasteiger partial charge in [-0.15, -0.1) is 12.4 Å². The van der Waals surface area contributed by atoms with Crippen molar-refractivity contribution in [3.63, 3.8) is 0 Å². The second-order valence-electron chi connectivity index (χ2n) is 3.42. The van der Waals surface area contributed by atoms with E-state index in [4.69, 9.17) is 0 Å². The summed E-state index contributed by atoms with van der Waals surface area (Å²) in [5.74, 6) is 0. The van der Waals surface area contributed by atoms with Gasteiger partial charge in [-0.3, -0.25) is 0 Å². The van der Waals surface area contributed by atoms with Gasteiger partial charge in [0, 0.05) is 16.8 Å². The van der Waals surface area contributed by atoms with Crippen LogP contribution in [0.2, 0.25) is 0 Å². The molecule has 3 heteroatoms. The zero-order valence-electron chi connectivity index (χ0n) is 8.48. The van der Waals surface area contributed by atoms with Crippen LogP contribution in [0.15, 0.2) is 54.7 Å². The number of hydrogen-bond donors (Lipinski definition) is 0. The number of fused-ring (bicyclic) bond motifs is 3. The Labute approximate surface area is 106 Å². The summed E-state index contributed by atoms with van der Waals surface area (Å²) >= 11 is 0. The average Bonchev–Trinajstić information content (AvgIpc) is 2.29. The van der Waals surface area contributed by atoms with Crippen molar-refractivity contribution in [2.45, 2.75) is 0 Å². The topological polar surface area (TPSA) is 14.1 Å². The minimum Gasteiger partial charge on any atom is -1.00 e. The normalized spacial score (nSPS) is 9.50. The summed E-state index contributed by atoms with van der Waals surface area (Å²) in [4.78, 5) is 3.29. The SMILES string of the molecule is Cl.[Cl-].c1ccc2c(c1)c[nH+]c1ccccc12. The second kappa shape index (κ2) is 5.15. The third-order valence-corrected chi connectivity index (χ3v) is 2.56. The van der Waals surface area contributed by atoms with Crippen molar-refractivity contribution >= 4 is 34.1 Å². The molecule has 1 aromatic heterocycles. The molecule has 1 heterocycles. The number of nitrogens with one attached hydrogen (secondary N) is 1. The highest BCUT2D eigenvalue weighted by Gasteiger charge is 2.03. The van der Waals surface area contributed by atoms with Gasteiger partial charge in [-0.1, -0.05) is 30.3 Å². The molecular formula is C13H11Cl2N. The Kier molecular flexibility index (Phi) is 4.11. The van der Waals surface area contributed by atoms with Crippen molar-refractivity contribution < 1.29 is 17.4 Å². The average molecular weight is 252 g/mol. The summed E-state index contributed by atoms with van der Waals surface area (Å²) < 4.78 is 0. The molecule has 0 aliphatic carbocycles. The third-order valence-electron chi connectivity index (χ3n) is 2.56. The molecule has 3 rings (SSSR count). The Morgan fingerprint density at radius 3 is 2.19 bits per heavy atom. The molecule has 0 aliphatic rings. The summed E-state index contributed by atoms with van der Waals surface area (Å²) in [6.45, 7) is 0. The van der Waals surface area contributed by atoms with Gasteiger partial charge in [0.2, 0.25) is 5.52 Å². The van der Waals surface area contributed by atoms with E-state index >= 15 is 0 Å². The van der Waals surface area contributed by atoms with Gasteiger partial charge >= 0.3 is 0 Å². The minimum absolute atomic E-state index is 0. The molecule has 16 heavy (non-hydrogen) atoms. The van der Waals surface area contributed by atoms with Gasteiger partial charge in [0.1, 0.15) is 0 Å². The highest BCUT2D eigenvalue weighted by molar-refractivity contribution is 6.03. The predicted molar refractivity (Wildman–Crippen MR) is 65.3 cm³/mol. The first-order valence-corrected chi connectivity index (χ1v) is 4.73. The van der Waals surface area contributed by atoms with Gasteiger partial charge in [0.25, 0.3) is 0 Å². The van der Waals surface area contributed by atoms with Crippen LogP contribution in [0, 0.1) is 0 Å². The maximum absolute atomic E-state index is 3.29. The van der Waals surface area contributed by atoms with Crippen LogP contribution in [0.25, 0.3) is 21.7 Å². The smallest absolute Gasteiger partial charge is 0.211 e. The molecule has 2 aromatic carbocycles. The molecular weight excluding hydrogens is 241 g/mol. The van der Waals surface area contributed by atoms with Crippen LogP contribution < -0.4 is 17.4 Å². The highest BCUT2D eigenvalue weighted by atomic mass is 35.5. The number of aromatic amines is 1. The lowest BCUT2D eigenvalue weighted by atomic mass is 10.1. The summed E-state index contributed by atoms with van der Waals surface area (Å²) in [6, 6.07) is 16.8. The Morgan fingerprint density at radius 2 is 1.38 bits per heavy atom. The molecule has 0 saturated heterocycles. The number of H-pyrrole nitrogens is 1. The van der Waals surface area contributed by atoms with Crippen LogP contribution in [0.1, 0.15) is 0 Å². The number of hydrogen-bond acceptors (Lipinski definition) is 0.